The van der Waals surface area contributed by atoms with Crippen LogP contribution < -0.4 is 4.74 Å². The van der Waals surface area contributed by atoms with E-state index < -0.39 is 6.10 Å². The van der Waals surface area contributed by atoms with E-state index in [1.165, 1.54) is 6.42 Å². The van der Waals surface area contributed by atoms with Gasteiger partial charge in [-0.3, -0.25) is 9.88 Å². The fourth-order valence-corrected chi connectivity index (χ4v) is 4.88. The second-order valence-electron chi connectivity index (χ2n) is 7.68. The lowest BCUT2D eigenvalue weighted by Gasteiger charge is -2.52. The summed E-state index contributed by atoms with van der Waals surface area (Å²) in [6, 6.07) is 7.95. The smallest absolute Gasteiger partial charge is 0.119 e. The lowest BCUT2D eigenvalue weighted by molar-refractivity contribution is -0.0921. The first-order valence-electron chi connectivity index (χ1n) is 9.50. The van der Waals surface area contributed by atoms with Crippen molar-refractivity contribution in [3.8, 4) is 5.75 Å². The summed E-state index contributed by atoms with van der Waals surface area (Å²) in [6.45, 7) is 4.24. The molecule has 0 saturated carbocycles. The topological polar surface area (TPSA) is 54.8 Å². The number of piperidine rings is 3. The molecule has 5 heteroatoms. The quantitative estimate of drug-likeness (QED) is 0.892. The van der Waals surface area contributed by atoms with E-state index in [2.05, 4.69) is 16.8 Å². The average molecular weight is 356 g/mol. The number of aliphatic hydroxyl groups excluding tert-OH is 1. The second-order valence-corrected chi connectivity index (χ2v) is 7.68. The van der Waals surface area contributed by atoms with Crippen LogP contribution in [0.2, 0.25) is 0 Å². The van der Waals surface area contributed by atoms with E-state index in [9.17, 15) is 5.11 Å². The summed E-state index contributed by atoms with van der Waals surface area (Å²) in [7, 11) is 3.46. The van der Waals surface area contributed by atoms with E-state index in [-0.39, 0.29) is 12.1 Å². The summed E-state index contributed by atoms with van der Waals surface area (Å²) < 4.78 is 11.0. The largest absolute Gasteiger partial charge is 0.497 e. The molecule has 5 rings (SSSR count). The highest BCUT2D eigenvalue weighted by Crippen LogP contribution is 2.43. The number of rotatable bonds is 5. The molecule has 6 atom stereocenters. The molecule has 1 aromatic heterocycles. The van der Waals surface area contributed by atoms with Crippen LogP contribution in [0.25, 0.3) is 10.9 Å². The van der Waals surface area contributed by atoms with E-state index in [1.54, 1.807) is 20.4 Å². The molecule has 0 radical (unpaired) electrons. The molecule has 5 nitrogen and oxygen atoms in total. The lowest BCUT2D eigenvalue weighted by atomic mass is 9.71. The molecule has 0 amide bonds. The van der Waals surface area contributed by atoms with Gasteiger partial charge in [0.15, 0.2) is 0 Å². The van der Waals surface area contributed by atoms with Gasteiger partial charge >= 0.3 is 0 Å². The zero-order chi connectivity index (χ0) is 18.3. The predicted molar refractivity (Wildman–Crippen MR) is 101 cm³/mol. The highest BCUT2D eigenvalue weighted by atomic mass is 16.5. The van der Waals surface area contributed by atoms with Crippen molar-refractivity contribution in [2.24, 2.45) is 11.8 Å². The number of hydrogen-bond acceptors (Lipinski definition) is 5. The number of benzene rings is 1. The van der Waals surface area contributed by atoms with Crippen molar-refractivity contribution in [3.05, 3.63) is 36.0 Å². The molecule has 0 spiro atoms. The summed E-state index contributed by atoms with van der Waals surface area (Å²) in [4.78, 5) is 6.90. The van der Waals surface area contributed by atoms with E-state index in [0.29, 0.717) is 11.8 Å². The Morgan fingerprint density at radius 2 is 2.12 bits per heavy atom. The maximum Gasteiger partial charge on any atom is 0.119 e. The maximum atomic E-state index is 11.3. The molecular weight excluding hydrogens is 328 g/mol. The second kappa shape index (κ2) is 7.14. The molecule has 3 fully saturated rings. The molecule has 4 heterocycles. The van der Waals surface area contributed by atoms with Crippen molar-refractivity contribution >= 4 is 10.9 Å². The molecule has 3 saturated heterocycles. The number of ether oxygens (including phenoxy) is 2. The van der Waals surface area contributed by atoms with Crippen LogP contribution in [-0.4, -0.2) is 54.4 Å². The van der Waals surface area contributed by atoms with Crippen molar-refractivity contribution in [1.82, 2.24) is 9.88 Å². The standard InChI is InChI=1S/C21H28N2O3/c1-13(25-2)18-12-23-9-7-14(18)10-20(23)21(24)16-6-8-22-19-5-4-15(26-3)11-17(16)19/h4-6,8,11,13-14,18,20-21,24H,7,9-10,12H2,1-3H3/t13?,14-,18+,20-,21+/m0/s1. The van der Waals surface area contributed by atoms with Gasteiger partial charge in [-0.2, -0.15) is 0 Å². The molecule has 3 aliphatic heterocycles. The average Bonchev–Trinajstić information content (AvgIpc) is 2.71. The van der Waals surface area contributed by atoms with Crippen LogP contribution in [0.1, 0.15) is 31.4 Å². The van der Waals surface area contributed by atoms with Crippen molar-refractivity contribution in [1.29, 1.82) is 0 Å². The molecular formula is C21H28N2O3. The van der Waals surface area contributed by atoms with Crippen LogP contribution in [-0.2, 0) is 4.74 Å². The van der Waals surface area contributed by atoms with E-state index in [0.717, 1.165) is 41.7 Å². The van der Waals surface area contributed by atoms with Crippen LogP contribution in [0, 0.1) is 11.8 Å². The fraction of sp³-hybridized carbons (Fsp3) is 0.571. The molecule has 3 aliphatic rings. The van der Waals surface area contributed by atoms with Crippen molar-refractivity contribution in [2.75, 3.05) is 27.3 Å². The Balaban J connectivity index is 1.63. The molecule has 0 aliphatic carbocycles. The van der Waals surface area contributed by atoms with E-state index in [4.69, 9.17) is 9.47 Å². The summed E-state index contributed by atoms with van der Waals surface area (Å²) >= 11 is 0. The zero-order valence-electron chi connectivity index (χ0n) is 15.8. The summed E-state index contributed by atoms with van der Waals surface area (Å²) in [5, 5.41) is 12.2. The maximum absolute atomic E-state index is 11.3. The normalized spacial score (nSPS) is 30.3. The van der Waals surface area contributed by atoms with Gasteiger partial charge < -0.3 is 14.6 Å². The van der Waals surface area contributed by atoms with Crippen LogP contribution in [0.15, 0.2) is 30.5 Å². The van der Waals surface area contributed by atoms with Gasteiger partial charge in [-0.05, 0) is 62.1 Å². The molecule has 2 aromatic rings. The number of aliphatic hydroxyl groups is 1. The van der Waals surface area contributed by atoms with Gasteiger partial charge in [-0.1, -0.05) is 0 Å². The minimum atomic E-state index is -0.519. The van der Waals surface area contributed by atoms with Crippen molar-refractivity contribution in [3.63, 3.8) is 0 Å². The van der Waals surface area contributed by atoms with Gasteiger partial charge in [-0.25, -0.2) is 0 Å². The van der Waals surface area contributed by atoms with Crippen molar-refractivity contribution in [2.45, 2.75) is 38.0 Å². The van der Waals surface area contributed by atoms with Gasteiger partial charge in [0, 0.05) is 37.2 Å². The summed E-state index contributed by atoms with van der Waals surface area (Å²) in [5.41, 5.74) is 1.84. The first-order valence-corrected chi connectivity index (χ1v) is 9.50. The highest BCUT2D eigenvalue weighted by Gasteiger charge is 2.45. The molecule has 140 valence electrons. The molecule has 2 unspecified atom stereocenters. The third-order valence-corrected chi connectivity index (χ3v) is 6.49. The first-order chi connectivity index (χ1) is 12.6. The number of methoxy groups -OCH3 is 2. The van der Waals surface area contributed by atoms with Crippen LogP contribution in [0.5, 0.6) is 5.75 Å². The summed E-state index contributed by atoms with van der Waals surface area (Å²) in [6.07, 6.45) is 3.76. The number of fused-ring (bicyclic) bond motifs is 4. The Labute approximate surface area is 154 Å². The number of nitrogens with zero attached hydrogens (tertiary/aromatic N) is 2. The van der Waals surface area contributed by atoms with Crippen LogP contribution >= 0.6 is 0 Å². The van der Waals surface area contributed by atoms with E-state index >= 15 is 0 Å². The highest BCUT2D eigenvalue weighted by molar-refractivity contribution is 5.83. The zero-order valence-corrected chi connectivity index (χ0v) is 15.8. The van der Waals surface area contributed by atoms with Gasteiger partial charge in [0.05, 0.1) is 24.8 Å². The van der Waals surface area contributed by atoms with Gasteiger partial charge in [0.1, 0.15) is 5.75 Å². The molecule has 26 heavy (non-hydrogen) atoms. The Kier molecular flexibility index (Phi) is 4.86. The number of hydrogen-bond donors (Lipinski definition) is 1. The van der Waals surface area contributed by atoms with Crippen LogP contribution in [0.3, 0.4) is 0 Å². The Morgan fingerprint density at radius 3 is 2.81 bits per heavy atom. The fourth-order valence-electron chi connectivity index (χ4n) is 4.88. The third kappa shape index (κ3) is 2.98. The number of aromatic nitrogens is 1. The Bertz CT molecular complexity index is 781. The van der Waals surface area contributed by atoms with Crippen molar-refractivity contribution < 1.29 is 14.6 Å². The minimum absolute atomic E-state index is 0.158. The molecule has 1 aromatic carbocycles. The molecule has 2 bridgehead atoms. The van der Waals surface area contributed by atoms with Gasteiger partial charge in [0.25, 0.3) is 0 Å². The first kappa shape index (κ1) is 17.7. The Hall–Kier alpha value is -1.69. The summed E-state index contributed by atoms with van der Waals surface area (Å²) in [5.74, 6) is 1.97. The molecule has 1 N–H and O–H groups in total. The van der Waals surface area contributed by atoms with Gasteiger partial charge in [-0.15, -0.1) is 0 Å². The monoisotopic (exact) mass is 356 g/mol. The minimum Gasteiger partial charge on any atom is -0.497 e. The Morgan fingerprint density at radius 1 is 1.27 bits per heavy atom. The van der Waals surface area contributed by atoms with Gasteiger partial charge in [0.2, 0.25) is 0 Å². The number of pyridine rings is 1. The predicted octanol–water partition coefficient (Wildman–Crippen LogP) is 3.02. The SMILES string of the molecule is COc1ccc2nccc([C@@H](O)[C@@H]3C[C@@H]4CCN3C[C@@H]4C(C)OC)c2c1. The lowest BCUT2D eigenvalue weighted by Crippen LogP contribution is -2.57. The van der Waals surface area contributed by atoms with Crippen LogP contribution in [0.4, 0.5) is 0 Å². The van der Waals surface area contributed by atoms with E-state index in [1.807, 2.05) is 24.3 Å². The third-order valence-electron chi connectivity index (χ3n) is 6.49.